The van der Waals surface area contributed by atoms with Crippen molar-refractivity contribution in [3.63, 3.8) is 0 Å². The van der Waals surface area contributed by atoms with E-state index in [1.54, 1.807) is 19.4 Å². The lowest BCUT2D eigenvalue weighted by molar-refractivity contribution is 0.742. The molecule has 1 saturated carbocycles. The second-order valence-electron chi connectivity index (χ2n) is 3.85. The van der Waals surface area contributed by atoms with Gasteiger partial charge < -0.3 is 9.88 Å². The molecule has 2 rings (SSSR count). The zero-order chi connectivity index (χ0) is 9.97. The highest BCUT2D eigenvalue weighted by molar-refractivity contribution is 5.33. The molecule has 4 heteroatoms. The van der Waals surface area contributed by atoms with Crippen molar-refractivity contribution in [1.29, 1.82) is 0 Å². The van der Waals surface area contributed by atoms with Crippen molar-refractivity contribution in [2.75, 3.05) is 5.32 Å². The summed E-state index contributed by atoms with van der Waals surface area (Å²) in [7, 11) is 1.70. The minimum atomic E-state index is -0.0134. The van der Waals surface area contributed by atoms with Gasteiger partial charge in [-0.2, -0.15) is 0 Å². The summed E-state index contributed by atoms with van der Waals surface area (Å²) in [4.78, 5) is 15.5. The molecule has 1 aliphatic rings. The van der Waals surface area contributed by atoms with Gasteiger partial charge in [0.25, 0.3) is 5.56 Å². The van der Waals surface area contributed by atoms with Crippen LogP contribution in [0.2, 0.25) is 0 Å². The summed E-state index contributed by atoms with van der Waals surface area (Å²) in [6.45, 7) is 0. The van der Waals surface area contributed by atoms with Crippen molar-refractivity contribution in [2.45, 2.75) is 31.7 Å². The fourth-order valence-corrected chi connectivity index (χ4v) is 1.82. The van der Waals surface area contributed by atoms with E-state index in [0.29, 0.717) is 11.9 Å². The van der Waals surface area contributed by atoms with Crippen molar-refractivity contribution < 1.29 is 0 Å². The Morgan fingerprint density at radius 3 is 2.86 bits per heavy atom. The summed E-state index contributed by atoms with van der Waals surface area (Å²) in [5.74, 6) is 0.708. The van der Waals surface area contributed by atoms with Crippen molar-refractivity contribution in [1.82, 2.24) is 9.55 Å². The third kappa shape index (κ3) is 1.95. The molecule has 1 aromatic heterocycles. The molecule has 0 saturated heterocycles. The average Bonchev–Trinajstić information content (AvgIpc) is 2.64. The molecule has 1 N–H and O–H groups in total. The summed E-state index contributed by atoms with van der Waals surface area (Å²) < 4.78 is 1.47. The third-order valence-electron chi connectivity index (χ3n) is 2.69. The van der Waals surface area contributed by atoms with E-state index in [1.165, 1.54) is 30.3 Å². The summed E-state index contributed by atoms with van der Waals surface area (Å²) in [5.41, 5.74) is -0.0134. The van der Waals surface area contributed by atoms with Crippen molar-refractivity contribution in [2.24, 2.45) is 7.05 Å². The molecule has 0 aromatic carbocycles. The van der Waals surface area contributed by atoms with Crippen molar-refractivity contribution in [3.05, 3.63) is 22.7 Å². The highest BCUT2D eigenvalue weighted by Crippen LogP contribution is 2.20. The molecule has 0 atom stereocenters. The maximum atomic E-state index is 11.3. The first-order valence-electron chi connectivity index (χ1n) is 5.05. The van der Waals surface area contributed by atoms with Gasteiger partial charge in [-0.05, 0) is 12.8 Å². The zero-order valence-electron chi connectivity index (χ0n) is 8.36. The van der Waals surface area contributed by atoms with E-state index in [4.69, 9.17) is 0 Å². The topological polar surface area (TPSA) is 46.9 Å². The van der Waals surface area contributed by atoms with E-state index < -0.39 is 0 Å². The predicted octanol–water partition coefficient (Wildman–Crippen LogP) is 1.13. The predicted molar refractivity (Wildman–Crippen MR) is 55.4 cm³/mol. The fraction of sp³-hybridized carbons (Fsp3) is 0.600. The lowest BCUT2D eigenvalue weighted by Crippen LogP contribution is -2.21. The van der Waals surface area contributed by atoms with Crippen LogP contribution in [0.3, 0.4) is 0 Å². The second kappa shape index (κ2) is 3.82. The number of hydrogen-bond acceptors (Lipinski definition) is 3. The van der Waals surface area contributed by atoms with E-state index >= 15 is 0 Å². The quantitative estimate of drug-likeness (QED) is 0.766. The Morgan fingerprint density at radius 2 is 2.21 bits per heavy atom. The smallest absolute Gasteiger partial charge is 0.255 e. The molecular formula is C10H15N3O. The maximum Gasteiger partial charge on any atom is 0.255 e. The molecule has 1 heterocycles. The minimum absolute atomic E-state index is 0.0134. The standard InChI is InChI=1S/C10H15N3O/c1-13-7-11-9(6-10(13)14)12-8-4-2-3-5-8/h6-8,12H,2-5H2,1H3. The van der Waals surface area contributed by atoms with Gasteiger partial charge in [0, 0.05) is 19.2 Å². The first-order valence-corrected chi connectivity index (χ1v) is 5.05. The monoisotopic (exact) mass is 193 g/mol. The molecule has 0 unspecified atom stereocenters. The Hall–Kier alpha value is -1.32. The Labute approximate surface area is 83.0 Å². The van der Waals surface area contributed by atoms with Crippen LogP contribution in [0.4, 0.5) is 5.82 Å². The van der Waals surface area contributed by atoms with Gasteiger partial charge in [0.15, 0.2) is 0 Å². The normalized spacial score (nSPS) is 17.2. The number of nitrogens with one attached hydrogen (secondary N) is 1. The number of anilines is 1. The number of nitrogens with zero attached hydrogens (tertiary/aromatic N) is 2. The first-order chi connectivity index (χ1) is 6.75. The van der Waals surface area contributed by atoms with Crippen LogP contribution in [-0.4, -0.2) is 15.6 Å². The van der Waals surface area contributed by atoms with E-state index in [2.05, 4.69) is 10.3 Å². The third-order valence-corrected chi connectivity index (χ3v) is 2.69. The van der Waals surface area contributed by atoms with Crippen LogP contribution in [0.5, 0.6) is 0 Å². The van der Waals surface area contributed by atoms with Gasteiger partial charge in [-0.15, -0.1) is 0 Å². The average molecular weight is 193 g/mol. The maximum absolute atomic E-state index is 11.3. The molecule has 0 aliphatic heterocycles. The Bertz CT molecular complexity index is 366. The number of rotatable bonds is 2. The second-order valence-corrected chi connectivity index (χ2v) is 3.85. The SMILES string of the molecule is Cn1cnc(NC2CCCC2)cc1=O. The van der Waals surface area contributed by atoms with Gasteiger partial charge in [0.05, 0.1) is 6.33 Å². The van der Waals surface area contributed by atoms with E-state index in [9.17, 15) is 4.79 Å². The molecule has 14 heavy (non-hydrogen) atoms. The summed E-state index contributed by atoms with van der Waals surface area (Å²) in [6.07, 6.45) is 6.50. The molecule has 4 nitrogen and oxygen atoms in total. The van der Waals surface area contributed by atoms with E-state index in [-0.39, 0.29) is 5.56 Å². The van der Waals surface area contributed by atoms with E-state index in [1.807, 2.05) is 0 Å². The number of aromatic nitrogens is 2. The minimum Gasteiger partial charge on any atom is -0.367 e. The molecule has 0 spiro atoms. The van der Waals surface area contributed by atoms with Gasteiger partial charge >= 0.3 is 0 Å². The zero-order valence-corrected chi connectivity index (χ0v) is 8.36. The van der Waals surface area contributed by atoms with Crippen LogP contribution < -0.4 is 10.9 Å². The Balaban J connectivity index is 2.09. The highest BCUT2D eigenvalue weighted by atomic mass is 16.1. The number of hydrogen-bond donors (Lipinski definition) is 1. The van der Waals surface area contributed by atoms with Gasteiger partial charge in [0.2, 0.25) is 0 Å². The Morgan fingerprint density at radius 1 is 1.50 bits per heavy atom. The summed E-state index contributed by atoms with van der Waals surface area (Å²) >= 11 is 0. The Kier molecular flexibility index (Phi) is 2.52. The lowest BCUT2D eigenvalue weighted by Gasteiger charge is -2.11. The molecular weight excluding hydrogens is 178 g/mol. The van der Waals surface area contributed by atoms with Gasteiger partial charge in [-0.1, -0.05) is 12.8 Å². The molecule has 0 radical (unpaired) electrons. The highest BCUT2D eigenvalue weighted by Gasteiger charge is 2.14. The van der Waals surface area contributed by atoms with Crippen LogP contribution in [0.25, 0.3) is 0 Å². The lowest BCUT2D eigenvalue weighted by atomic mass is 10.2. The van der Waals surface area contributed by atoms with Crippen LogP contribution in [0.15, 0.2) is 17.2 Å². The van der Waals surface area contributed by atoms with Crippen molar-refractivity contribution >= 4 is 5.82 Å². The summed E-state index contributed by atoms with van der Waals surface area (Å²) in [6, 6.07) is 2.06. The number of aryl methyl sites for hydroxylation is 1. The molecule has 0 amide bonds. The summed E-state index contributed by atoms with van der Waals surface area (Å²) in [5, 5.41) is 3.28. The van der Waals surface area contributed by atoms with Crippen LogP contribution in [0.1, 0.15) is 25.7 Å². The van der Waals surface area contributed by atoms with E-state index in [0.717, 1.165) is 0 Å². The van der Waals surface area contributed by atoms with Crippen LogP contribution in [-0.2, 0) is 7.05 Å². The van der Waals surface area contributed by atoms with Crippen molar-refractivity contribution in [3.8, 4) is 0 Å². The molecule has 1 aliphatic carbocycles. The van der Waals surface area contributed by atoms with Gasteiger partial charge in [-0.25, -0.2) is 4.98 Å². The molecule has 0 bridgehead atoms. The van der Waals surface area contributed by atoms with Crippen LogP contribution >= 0.6 is 0 Å². The molecule has 76 valence electrons. The van der Waals surface area contributed by atoms with Crippen LogP contribution in [0, 0.1) is 0 Å². The first kappa shape index (κ1) is 9.24. The largest absolute Gasteiger partial charge is 0.367 e. The molecule has 1 fully saturated rings. The fourth-order valence-electron chi connectivity index (χ4n) is 1.82. The molecule has 1 aromatic rings. The van der Waals surface area contributed by atoms with Gasteiger partial charge in [-0.3, -0.25) is 4.79 Å². The van der Waals surface area contributed by atoms with Gasteiger partial charge in [0.1, 0.15) is 5.82 Å².